The number of ether oxygens (including phenoxy) is 3. The predicted octanol–water partition coefficient (Wildman–Crippen LogP) is 4.23. The maximum Gasteiger partial charge on any atom is 0.263 e. The molecule has 0 atom stereocenters. The number of nitrogens with one attached hydrogen (secondary N) is 2. The van der Waals surface area contributed by atoms with Crippen molar-refractivity contribution in [3.05, 3.63) is 53.7 Å². The van der Waals surface area contributed by atoms with Gasteiger partial charge < -0.3 is 19.5 Å². The Kier molecular flexibility index (Phi) is 5.12. The highest BCUT2D eigenvalue weighted by Crippen LogP contribution is 2.46. The minimum absolute atomic E-state index is 0.321. The summed E-state index contributed by atoms with van der Waals surface area (Å²) in [5, 5.41) is 10.7. The van der Waals surface area contributed by atoms with Gasteiger partial charge in [0.25, 0.3) is 5.91 Å². The third-order valence-corrected chi connectivity index (χ3v) is 5.04. The molecule has 1 aromatic heterocycles. The zero-order chi connectivity index (χ0) is 20.4. The van der Waals surface area contributed by atoms with Gasteiger partial charge in [-0.05, 0) is 37.1 Å². The Hall–Kier alpha value is -3.48. The van der Waals surface area contributed by atoms with Gasteiger partial charge in [0, 0.05) is 11.5 Å². The van der Waals surface area contributed by atoms with Crippen molar-refractivity contribution in [3.63, 3.8) is 0 Å². The molecule has 1 aliphatic rings. The summed E-state index contributed by atoms with van der Waals surface area (Å²) in [6, 6.07) is 12.8. The summed E-state index contributed by atoms with van der Waals surface area (Å²) in [6.45, 7) is 0. The van der Waals surface area contributed by atoms with Crippen LogP contribution < -0.4 is 19.5 Å². The second-order valence-electron chi connectivity index (χ2n) is 6.83. The highest BCUT2D eigenvalue weighted by atomic mass is 16.5. The predicted molar refractivity (Wildman–Crippen MR) is 110 cm³/mol. The van der Waals surface area contributed by atoms with Crippen LogP contribution in [0.5, 0.6) is 17.2 Å². The third kappa shape index (κ3) is 3.51. The zero-order valence-corrected chi connectivity index (χ0v) is 16.6. The number of hydrogen-bond donors (Lipinski definition) is 2. The molecule has 1 saturated carbocycles. The van der Waals surface area contributed by atoms with Gasteiger partial charge in [0.15, 0.2) is 0 Å². The van der Waals surface area contributed by atoms with Crippen LogP contribution in [0, 0.1) is 0 Å². The van der Waals surface area contributed by atoms with Crippen LogP contribution in [0.2, 0.25) is 0 Å². The van der Waals surface area contributed by atoms with Crippen LogP contribution in [0.4, 0.5) is 5.69 Å². The van der Waals surface area contributed by atoms with E-state index in [2.05, 4.69) is 15.5 Å². The number of H-pyrrole nitrogens is 1. The quantitative estimate of drug-likeness (QED) is 0.627. The maximum absolute atomic E-state index is 13.3. The fourth-order valence-corrected chi connectivity index (χ4v) is 3.44. The molecule has 0 bridgehead atoms. The second-order valence-corrected chi connectivity index (χ2v) is 6.83. The van der Waals surface area contributed by atoms with Crippen molar-refractivity contribution in [2.45, 2.75) is 18.8 Å². The maximum atomic E-state index is 13.3. The molecule has 2 N–H and O–H groups in total. The van der Waals surface area contributed by atoms with Crippen molar-refractivity contribution in [3.8, 4) is 28.5 Å². The first-order valence-corrected chi connectivity index (χ1v) is 9.41. The fraction of sp³-hybridized carbons (Fsp3) is 0.273. The molecule has 1 aliphatic carbocycles. The fourth-order valence-electron chi connectivity index (χ4n) is 3.44. The topological polar surface area (TPSA) is 85.5 Å². The third-order valence-electron chi connectivity index (χ3n) is 5.04. The molecule has 4 rings (SSSR count). The van der Waals surface area contributed by atoms with E-state index < -0.39 is 0 Å². The number of carbonyl (C=O) groups is 1. The number of amides is 1. The molecular formula is C22H23N3O4. The van der Waals surface area contributed by atoms with Crippen LogP contribution in [0.15, 0.2) is 42.5 Å². The summed E-state index contributed by atoms with van der Waals surface area (Å²) < 4.78 is 16.3. The Bertz CT molecular complexity index is 1020. The lowest BCUT2D eigenvalue weighted by Crippen LogP contribution is -2.15. The number of nitrogens with zero attached hydrogens (tertiary/aromatic N) is 1. The molecule has 0 spiro atoms. The minimum Gasteiger partial charge on any atom is -0.496 e. The highest BCUT2D eigenvalue weighted by Gasteiger charge is 2.32. The first kappa shape index (κ1) is 18.9. The largest absolute Gasteiger partial charge is 0.496 e. The van der Waals surface area contributed by atoms with Gasteiger partial charge in [0.05, 0.1) is 32.7 Å². The molecule has 1 amide bonds. The molecule has 7 nitrogen and oxygen atoms in total. The molecule has 0 aliphatic heterocycles. The van der Waals surface area contributed by atoms with Crippen molar-refractivity contribution < 1.29 is 19.0 Å². The summed E-state index contributed by atoms with van der Waals surface area (Å²) in [4.78, 5) is 13.3. The van der Waals surface area contributed by atoms with Gasteiger partial charge in [0.1, 0.15) is 28.5 Å². The van der Waals surface area contributed by atoms with Crippen LogP contribution in [-0.2, 0) is 0 Å². The average molecular weight is 393 g/mol. The number of carbonyl (C=O) groups excluding carboxylic acids is 1. The van der Waals surface area contributed by atoms with Crippen LogP contribution in [-0.4, -0.2) is 37.4 Å². The molecule has 29 heavy (non-hydrogen) atoms. The van der Waals surface area contributed by atoms with E-state index >= 15 is 0 Å². The van der Waals surface area contributed by atoms with Crippen molar-refractivity contribution in [1.82, 2.24) is 10.2 Å². The Morgan fingerprint density at radius 3 is 2.21 bits per heavy atom. The van der Waals surface area contributed by atoms with E-state index in [1.165, 1.54) is 14.2 Å². The summed E-state index contributed by atoms with van der Waals surface area (Å²) in [5.41, 5.74) is 3.38. The van der Waals surface area contributed by atoms with Crippen LogP contribution >= 0.6 is 0 Å². The number of methoxy groups -OCH3 is 3. The lowest BCUT2D eigenvalue weighted by Gasteiger charge is -2.14. The molecule has 150 valence electrons. The molecule has 3 aromatic rings. The van der Waals surface area contributed by atoms with Gasteiger partial charge in [-0.3, -0.25) is 9.89 Å². The average Bonchev–Trinajstić information content (AvgIpc) is 3.53. The number of aromatic amines is 1. The van der Waals surface area contributed by atoms with E-state index in [9.17, 15) is 4.79 Å². The van der Waals surface area contributed by atoms with E-state index in [0.29, 0.717) is 40.1 Å². The molecular weight excluding hydrogens is 370 g/mol. The normalized spacial score (nSPS) is 13.1. The van der Waals surface area contributed by atoms with Crippen molar-refractivity contribution in [2.75, 3.05) is 26.6 Å². The zero-order valence-electron chi connectivity index (χ0n) is 16.6. The van der Waals surface area contributed by atoms with Gasteiger partial charge in [-0.15, -0.1) is 0 Å². The summed E-state index contributed by atoms with van der Waals surface area (Å²) in [5.74, 6) is 1.61. The summed E-state index contributed by atoms with van der Waals surface area (Å²) in [7, 11) is 4.67. The van der Waals surface area contributed by atoms with Gasteiger partial charge in [0.2, 0.25) is 0 Å². The van der Waals surface area contributed by atoms with Gasteiger partial charge in [-0.1, -0.05) is 18.2 Å². The monoisotopic (exact) mass is 393 g/mol. The number of benzene rings is 2. The van der Waals surface area contributed by atoms with E-state index in [1.54, 1.807) is 25.3 Å². The van der Waals surface area contributed by atoms with Gasteiger partial charge in [-0.2, -0.15) is 5.10 Å². The van der Waals surface area contributed by atoms with Gasteiger partial charge in [-0.25, -0.2) is 0 Å². The first-order chi connectivity index (χ1) is 14.2. The highest BCUT2D eigenvalue weighted by molar-refractivity contribution is 6.10. The molecule has 1 heterocycles. The second kappa shape index (κ2) is 7.87. The van der Waals surface area contributed by atoms with Crippen molar-refractivity contribution >= 4 is 11.6 Å². The van der Waals surface area contributed by atoms with E-state index in [4.69, 9.17) is 14.2 Å². The lowest BCUT2D eigenvalue weighted by atomic mass is 10.1. The van der Waals surface area contributed by atoms with E-state index in [1.807, 2.05) is 24.3 Å². The lowest BCUT2D eigenvalue weighted by molar-refractivity contribution is 0.102. The standard InChI is InChI=1S/C22H23N3O4/c1-27-15-8-5-4-7-14(15)20-21(19(24-25-20)13-11-12-13)23-22(26)18-16(28-2)9-6-10-17(18)29-3/h4-10,13H,11-12H2,1-3H3,(H,23,26)(H,24,25). The van der Waals surface area contributed by atoms with Crippen molar-refractivity contribution in [2.24, 2.45) is 0 Å². The van der Waals surface area contributed by atoms with Crippen LogP contribution in [0.1, 0.15) is 34.8 Å². The minimum atomic E-state index is -0.321. The summed E-state index contributed by atoms with van der Waals surface area (Å²) >= 11 is 0. The Morgan fingerprint density at radius 1 is 0.966 bits per heavy atom. The SMILES string of the molecule is COc1ccccc1-c1n[nH]c(C2CC2)c1NC(=O)c1c(OC)cccc1OC. The molecule has 0 unspecified atom stereocenters. The number of aromatic nitrogens is 2. The van der Waals surface area contributed by atoms with E-state index in [-0.39, 0.29) is 5.91 Å². The Morgan fingerprint density at radius 2 is 1.59 bits per heavy atom. The number of anilines is 1. The smallest absolute Gasteiger partial charge is 0.263 e. The van der Waals surface area contributed by atoms with Crippen LogP contribution in [0.25, 0.3) is 11.3 Å². The summed E-state index contributed by atoms with van der Waals surface area (Å²) in [6.07, 6.45) is 2.13. The van der Waals surface area contributed by atoms with Crippen molar-refractivity contribution in [1.29, 1.82) is 0 Å². The van der Waals surface area contributed by atoms with Crippen LogP contribution in [0.3, 0.4) is 0 Å². The van der Waals surface area contributed by atoms with E-state index in [0.717, 1.165) is 24.1 Å². The Balaban J connectivity index is 1.78. The number of rotatable bonds is 7. The molecule has 2 aromatic carbocycles. The molecule has 1 fully saturated rings. The number of hydrogen-bond acceptors (Lipinski definition) is 5. The van der Waals surface area contributed by atoms with Gasteiger partial charge >= 0.3 is 0 Å². The molecule has 0 radical (unpaired) electrons. The molecule has 7 heteroatoms. The Labute approximate surface area is 169 Å². The number of para-hydroxylation sites is 1. The first-order valence-electron chi connectivity index (χ1n) is 9.41. The molecule has 0 saturated heterocycles.